The Morgan fingerprint density at radius 2 is 1.29 bits per heavy atom. The fourth-order valence-electron chi connectivity index (χ4n) is 4.38. The number of carbonyl (C=O) groups excluding carboxylic acids is 2. The minimum Gasteiger partial charge on any atom is -0.462 e. The second-order valence-electron chi connectivity index (χ2n) is 11.9. The van der Waals surface area contributed by atoms with Crippen LogP contribution in [-0.4, -0.2) is 47.6 Å². The van der Waals surface area contributed by atoms with Crippen molar-refractivity contribution in [3.8, 4) is 0 Å². The van der Waals surface area contributed by atoms with Crippen molar-refractivity contribution in [2.45, 2.75) is 142 Å². The molecule has 0 aromatic rings. The summed E-state index contributed by atoms with van der Waals surface area (Å²) in [7, 11) is 0. The van der Waals surface area contributed by atoms with Gasteiger partial charge in [-0.15, -0.1) is 0 Å². The number of rotatable bonds is 29. The molecular formula is C39H64O6. The number of hydrogen-bond donors (Lipinski definition) is 2. The van der Waals surface area contributed by atoms with Crippen LogP contribution in [-0.2, 0) is 19.1 Å². The van der Waals surface area contributed by atoms with E-state index in [9.17, 15) is 19.8 Å². The molecule has 0 spiro atoms. The minimum atomic E-state index is -0.824. The maximum absolute atomic E-state index is 12.1. The fourth-order valence-corrected chi connectivity index (χ4v) is 4.38. The molecule has 2 N–H and O–H groups in total. The van der Waals surface area contributed by atoms with Gasteiger partial charge in [-0.2, -0.15) is 0 Å². The number of ether oxygens (including phenoxy) is 2. The van der Waals surface area contributed by atoms with E-state index in [4.69, 9.17) is 9.47 Å². The van der Waals surface area contributed by atoms with Crippen LogP contribution in [0.15, 0.2) is 72.9 Å². The molecular weight excluding hydrogens is 564 g/mol. The number of hydrogen-bond acceptors (Lipinski definition) is 6. The zero-order valence-electron chi connectivity index (χ0n) is 28.6. The lowest BCUT2D eigenvalue weighted by Gasteiger charge is -2.15. The summed E-state index contributed by atoms with van der Waals surface area (Å²) >= 11 is 0. The van der Waals surface area contributed by atoms with Crippen LogP contribution in [0.4, 0.5) is 0 Å². The second kappa shape index (κ2) is 32.7. The lowest BCUT2D eigenvalue weighted by Crippen LogP contribution is -2.28. The van der Waals surface area contributed by atoms with Crippen LogP contribution >= 0.6 is 0 Å². The molecule has 6 heteroatoms. The number of aliphatic hydroxyl groups is 2. The number of allylic oxidation sites excluding steroid dienone is 10. The number of carbonyl (C=O) groups is 2. The number of unbranched alkanes of at least 4 members (excludes halogenated alkanes) is 7. The molecule has 0 aromatic heterocycles. The van der Waals surface area contributed by atoms with Gasteiger partial charge in [-0.1, -0.05) is 145 Å². The van der Waals surface area contributed by atoms with Gasteiger partial charge in [0, 0.05) is 12.8 Å². The zero-order valence-corrected chi connectivity index (χ0v) is 28.6. The molecule has 1 unspecified atom stereocenters. The first-order valence-electron chi connectivity index (χ1n) is 17.5. The van der Waals surface area contributed by atoms with Crippen LogP contribution in [0.25, 0.3) is 0 Å². The van der Waals surface area contributed by atoms with Gasteiger partial charge >= 0.3 is 11.9 Å². The van der Waals surface area contributed by atoms with Crippen molar-refractivity contribution in [3.63, 3.8) is 0 Å². The molecule has 0 saturated heterocycles. The summed E-state index contributed by atoms with van der Waals surface area (Å²) in [5.74, 6) is 0.0751. The molecule has 0 aliphatic rings. The van der Waals surface area contributed by atoms with E-state index in [-0.39, 0.29) is 25.6 Å². The summed E-state index contributed by atoms with van der Waals surface area (Å²) in [6, 6.07) is 0. The molecule has 0 aliphatic carbocycles. The molecule has 0 amide bonds. The number of esters is 2. The predicted octanol–water partition coefficient (Wildman–Crippen LogP) is 9.44. The van der Waals surface area contributed by atoms with Gasteiger partial charge in [0.1, 0.15) is 6.61 Å². The topological polar surface area (TPSA) is 93.1 Å². The third kappa shape index (κ3) is 32.5. The molecule has 0 radical (unpaired) electrons. The molecule has 0 bridgehead atoms. The molecule has 256 valence electrons. The highest BCUT2D eigenvalue weighted by Gasteiger charge is 2.15. The fraction of sp³-hybridized carbons (Fsp3) is 0.641. The summed E-state index contributed by atoms with van der Waals surface area (Å²) in [5, 5.41) is 19.3. The van der Waals surface area contributed by atoms with Crippen molar-refractivity contribution in [1.29, 1.82) is 0 Å². The van der Waals surface area contributed by atoms with Crippen molar-refractivity contribution in [2.75, 3.05) is 13.2 Å². The molecule has 45 heavy (non-hydrogen) atoms. The van der Waals surface area contributed by atoms with Crippen LogP contribution in [0.3, 0.4) is 0 Å². The third-order valence-electron chi connectivity index (χ3n) is 7.04. The van der Waals surface area contributed by atoms with E-state index in [1.54, 1.807) is 6.08 Å². The van der Waals surface area contributed by atoms with Gasteiger partial charge in [0.2, 0.25) is 0 Å². The third-order valence-corrected chi connectivity index (χ3v) is 7.04. The Hall–Kier alpha value is -2.70. The molecule has 0 saturated carbocycles. The van der Waals surface area contributed by atoms with Crippen LogP contribution in [0.1, 0.15) is 130 Å². The maximum Gasteiger partial charge on any atom is 0.306 e. The van der Waals surface area contributed by atoms with Crippen LogP contribution in [0.5, 0.6) is 0 Å². The maximum atomic E-state index is 12.1. The summed E-state index contributed by atoms with van der Waals surface area (Å²) in [6.45, 7) is 6.13. The lowest BCUT2D eigenvalue weighted by molar-refractivity contribution is -0.161. The normalized spacial score (nSPS) is 13.9. The highest BCUT2D eigenvalue weighted by molar-refractivity contribution is 5.70. The lowest BCUT2D eigenvalue weighted by atomic mass is 10.0. The largest absolute Gasteiger partial charge is 0.462 e. The Balaban J connectivity index is 3.82. The van der Waals surface area contributed by atoms with Gasteiger partial charge in [0.05, 0.1) is 12.7 Å². The van der Waals surface area contributed by atoms with Crippen LogP contribution < -0.4 is 0 Å². The highest BCUT2D eigenvalue weighted by atomic mass is 16.6. The molecule has 0 rings (SSSR count). The zero-order chi connectivity index (χ0) is 33.2. The Morgan fingerprint density at radius 1 is 0.689 bits per heavy atom. The van der Waals surface area contributed by atoms with Crippen molar-refractivity contribution >= 4 is 11.9 Å². The summed E-state index contributed by atoms with van der Waals surface area (Å²) < 4.78 is 10.5. The first kappa shape index (κ1) is 42.3. The summed E-state index contributed by atoms with van der Waals surface area (Å²) in [4.78, 5) is 24.1. The Bertz CT molecular complexity index is 880. The first-order chi connectivity index (χ1) is 21.9. The minimum absolute atomic E-state index is 0.110. The average molecular weight is 629 g/mol. The summed E-state index contributed by atoms with van der Waals surface area (Å²) in [6.07, 6.45) is 38.8. The van der Waals surface area contributed by atoms with Gasteiger partial charge < -0.3 is 19.7 Å². The van der Waals surface area contributed by atoms with Gasteiger partial charge in [-0.05, 0) is 50.9 Å². The van der Waals surface area contributed by atoms with Crippen molar-refractivity contribution in [1.82, 2.24) is 0 Å². The van der Waals surface area contributed by atoms with E-state index in [0.717, 1.165) is 50.9 Å². The molecule has 2 atom stereocenters. The molecule has 0 fully saturated rings. The smallest absolute Gasteiger partial charge is 0.306 e. The van der Waals surface area contributed by atoms with Crippen LogP contribution in [0.2, 0.25) is 0 Å². The van der Waals surface area contributed by atoms with E-state index in [2.05, 4.69) is 57.2 Å². The van der Waals surface area contributed by atoms with Crippen molar-refractivity contribution < 1.29 is 29.3 Å². The molecule has 0 aromatic carbocycles. The van der Waals surface area contributed by atoms with Gasteiger partial charge in [0.15, 0.2) is 6.10 Å². The summed E-state index contributed by atoms with van der Waals surface area (Å²) in [5.41, 5.74) is 0. The van der Waals surface area contributed by atoms with Gasteiger partial charge in [-0.25, -0.2) is 0 Å². The van der Waals surface area contributed by atoms with Gasteiger partial charge in [-0.3, -0.25) is 9.59 Å². The van der Waals surface area contributed by atoms with Crippen molar-refractivity contribution in [3.05, 3.63) is 72.9 Å². The predicted molar refractivity (Wildman–Crippen MR) is 188 cm³/mol. The molecule has 0 aliphatic heterocycles. The van der Waals surface area contributed by atoms with E-state index >= 15 is 0 Å². The first-order valence-corrected chi connectivity index (χ1v) is 17.5. The number of aliphatic hydroxyl groups excluding tert-OH is 2. The van der Waals surface area contributed by atoms with E-state index < -0.39 is 18.2 Å². The Morgan fingerprint density at radius 3 is 1.91 bits per heavy atom. The Labute approximate surface area is 275 Å². The van der Waals surface area contributed by atoms with E-state index in [1.807, 2.05) is 30.4 Å². The monoisotopic (exact) mass is 628 g/mol. The van der Waals surface area contributed by atoms with Crippen molar-refractivity contribution in [2.24, 2.45) is 5.92 Å². The van der Waals surface area contributed by atoms with Gasteiger partial charge in [0.25, 0.3) is 0 Å². The van der Waals surface area contributed by atoms with E-state index in [0.29, 0.717) is 19.3 Å². The standard InChI is InChI=1S/C39H64O6/c1-4-5-23-29-36(41)30-25-20-16-11-9-7-6-8-10-12-18-22-27-32-39(43)45-37(33-40)34-44-38(42)31-26-21-17-14-13-15-19-24-28-35(2)3/h5,7-10,16,18,20,22-23,25,30,35-37,40-41H,4,6,11-15,17,19,21,24,26-29,31-34H2,1-3H3/b9-7-,10-8-,20-16+,22-18-,23-5-,30-25+/t36?,37-/m0/s1. The quantitative estimate of drug-likeness (QED) is 0.0371. The SMILES string of the molecule is CC/C=C\CC(O)/C=C/C=C/C/C=C\C/C=C\C/C=C\CCC(=O)O[C@@H](CO)COC(=O)CCCCCCCCCCC(C)C. The highest BCUT2D eigenvalue weighted by Crippen LogP contribution is 2.13. The Kier molecular flexibility index (Phi) is 30.7. The molecule has 6 nitrogen and oxygen atoms in total. The van der Waals surface area contributed by atoms with Crippen LogP contribution in [0, 0.1) is 5.92 Å². The average Bonchev–Trinajstić information content (AvgIpc) is 3.01. The van der Waals surface area contributed by atoms with E-state index in [1.165, 1.54) is 38.5 Å². The molecule has 0 heterocycles. The second-order valence-corrected chi connectivity index (χ2v) is 11.9.